The second-order valence-electron chi connectivity index (χ2n) is 7.47. The summed E-state index contributed by atoms with van der Waals surface area (Å²) in [5.41, 5.74) is 6.96. The zero-order chi connectivity index (χ0) is 19.2. The molecule has 1 aromatic carbocycles. The van der Waals surface area contributed by atoms with Crippen LogP contribution in [0.1, 0.15) is 46.5 Å². The van der Waals surface area contributed by atoms with E-state index in [2.05, 4.69) is 21.4 Å². The van der Waals surface area contributed by atoms with Gasteiger partial charge in [0.2, 0.25) is 20.9 Å². The maximum absolute atomic E-state index is 12.6. The zero-order valence-electron chi connectivity index (χ0n) is 15.6. The average Bonchev–Trinajstić information content (AvgIpc) is 3.22. The Bertz CT molecular complexity index is 992. The Morgan fingerprint density at radius 2 is 1.52 bits per heavy atom. The summed E-state index contributed by atoms with van der Waals surface area (Å²) < 4.78 is 25.2. The van der Waals surface area contributed by atoms with Crippen molar-refractivity contribution in [3.63, 3.8) is 0 Å². The first kappa shape index (κ1) is 18.1. The van der Waals surface area contributed by atoms with Crippen molar-refractivity contribution in [3.05, 3.63) is 45.8 Å². The van der Waals surface area contributed by atoms with Gasteiger partial charge in [-0.05, 0) is 80.7 Å². The molecule has 2 aliphatic rings. The summed E-state index contributed by atoms with van der Waals surface area (Å²) >= 11 is 0. The van der Waals surface area contributed by atoms with Crippen LogP contribution in [0.4, 0.5) is 5.69 Å². The van der Waals surface area contributed by atoms with E-state index in [1.807, 2.05) is 0 Å². The van der Waals surface area contributed by atoms with Gasteiger partial charge in [0.05, 0.1) is 0 Å². The van der Waals surface area contributed by atoms with E-state index in [0.717, 1.165) is 44.2 Å². The molecule has 2 aromatic rings. The van der Waals surface area contributed by atoms with Gasteiger partial charge in [0.1, 0.15) is 5.75 Å². The van der Waals surface area contributed by atoms with Crippen LogP contribution in [0.2, 0.25) is 0 Å². The first-order valence-corrected chi connectivity index (χ1v) is 11.0. The van der Waals surface area contributed by atoms with Gasteiger partial charge in [-0.25, -0.2) is 18.4 Å². The van der Waals surface area contributed by atoms with Gasteiger partial charge < -0.3 is 5.32 Å². The third kappa shape index (κ3) is 3.48. The molecule has 1 heterocycles. The van der Waals surface area contributed by atoms with Gasteiger partial charge in [0.15, 0.2) is 0 Å². The minimum Gasteiger partial charge on any atom is -0.325 e. The summed E-state index contributed by atoms with van der Waals surface area (Å²) in [6.45, 7) is 3.43. The van der Waals surface area contributed by atoms with Crippen LogP contribution in [0, 0.1) is 13.8 Å². The zero-order valence-corrected chi connectivity index (χ0v) is 16.4. The summed E-state index contributed by atoms with van der Waals surface area (Å²) in [5.74, 6) is -1.17. The van der Waals surface area contributed by atoms with E-state index in [4.69, 9.17) is 0 Å². The number of hydrogen-bond donors (Lipinski definition) is 1. The Morgan fingerprint density at radius 1 is 0.963 bits per heavy atom. The molecule has 0 saturated heterocycles. The Kier molecular flexibility index (Phi) is 4.50. The number of aryl methyl sites for hydroxylation is 4. The number of amides is 1. The molecule has 27 heavy (non-hydrogen) atoms. The molecule has 0 fully saturated rings. The quantitative estimate of drug-likeness (QED) is 0.817. The number of anilines is 1. The van der Waals surface area contributed by atoms with Gasteiger partial charge in [-0.1, -0.05) is 6.07 Å². The normalized spacial score (nSPS) is 15.5. The van der Waals surface area contributed by atoms with Crippen LogP contribution in [0.15, 0.2) is 17.3 Å². The highest BCUT2D eigenvalue weighted by molar-refractivity contribution is 7.92. The number of hydrogen-bond acceptors (Lipinski definition) is 5. The van der Waals surface area contributed by atoms with E-state index >= 15 is 0 Å². The fourth-order valence-corrected chi connectivity index (χ4v) is 5.33. The molecular formula is C20H23N3O3S. The van der Waals surface area contributed by atoms with Gasteiger partial charge in [0, 0.05) is 17.1 Å². The van der Waals surface area contributed by atoms with Crippen molar-refractivity contribution in [2.75, 3.05) is 11.1 Å². The number of nitrogens with zero attached hydrogens (tertiary/aromatic N) is 2. The number of sulfone groups is 1. The lowest BCUT2D eigenvalue weighted by Crippen LogP contribution is -2.25. The number of carbonyl (C=O) groups excluding carboxylic acids is 1. The molecule has 6 nitrogen and oxygen atoms in total. The van der Waals surface area contributed by atoms with Gasteiger partial charge in [-0.15, -0.1) is 0 Å². The van der Waals surface area contributed by atoms with Gasteiger partial charge in [-0.2, -0.15) is 0 Å². The molecule has 0 bridgehead atoms. The largest absolute Gasteiger partial charge is 0.325 e. The maximum Gasteiger partial charge on any atom is 0.248 e. The summed E-state index contributed by atoms with van der Waals surface area (Å²) in [6, 6.07) is 3.98. The fraction of sp³-hybridized carbons (Fsp3) is 0.450. The minimum atomic E-state index is -3.89. The predicted molar refractivity (Wildman–Crippen MR) is 103 cm³/mol. The number of fused-ring (bicyclic) bond motifs is 2. The fourth-order valence-electron chi connectivity index (χ4n) is 4.21. The van der Waals surface area contributed by atoms with E-state index in [-0.39, 0.29) is 5.16 Å². The summed E-state index contributed by atoms with van der Waals surface area (Å²) in [4.78, 5) is 20.6. The SMILES string of the molecule is Cc1cc(C)nc(S(=O)(=O)CC(=O)Nc2c3c(cc4c2CCC4)CCC3)n1. The molecular weight excluding hydrogens is 362 g/mol. The highest BCUT2D eigenvalue weighted by Gasteiger charge is 2.28. The lowest BCUT2D eigenvalue weighted by Gasteiger charge is -2.16. The molecule has 0 unspecified atom stereocenters. The Morgan fingerprint density at radius 3 is 2.07 bits per heavy atom. The number of carbonyl (C=O) groups is 1. The Hall–Kier alpha value is -2.28. The number of rotatable bonds is 4. The van der Waals surface area contributed by atoms with Gasteiger partial charge in [0.25, 0.3) is 0 Å². The van der Waals surface area contributed by atoms with Crippen molar-refractivity contribution in [2.45, 2.75) is 57.5 Å². The lowest BCUT2D eigenvalue weighted by atomic mass is 9.98. The first-order chi connectivity index (χ1) is 12.8. The Labute approximate surface area is 159 Å². The molecule has 0 spiro atoms. The van der Waals surface area contributed by atoms with Crippen molar-refractivity contribution < 1.29 is 13.2 Å². The summed E-state index contributed by atoms with van der Waals surface area (Å²) in [6.07, 6.45) is 6.09. The molecule has 0 atom stereocenters. The minimum absolute atomic E-state index is 0.279. The number of benzene rings is 1. The Balaban J connectivity index is 1.61. The van der Waals surface area contributed by atoms with Gasteiger partial charge >= 0.3 is 0 Å². The van der Waals surface area contributed by atoms with Crippen LogP contribution in [-0.2, 0) is 40.3 Å². The van der Waals surface area contributed by atoms with E-state index in [1.54, 1.807) is 19.9 Å². The van der Waals surface area contributed by atoms with Crippen molar-refractivity contribution in [1.29, 1.82) is 0 Å². The number of aromatic nitrogens is 2. The highest BCUT2D eigenvalue weighted by Crippen LogP contribution is 2.38. The van der Waals surface area contributed by atoms with Crippen molar-refractivity contribution in [3.8, 4) is 0 Å². The molecule has 4 rings (SSSR count). The third-order valence-corrected chi connectivity index (χ3v) is 6.68. The summed E-state index contributed by atoms with van der Waals surface area (Å²) in [7, 11) is -3.89. The number of nitrogens with one attached hydrogen (secondary N) is 1. The molecule has 1 N–H and O–H groups in total. The van der Waals surface area contributed by atoms with E-state index < -0.39 is 21.5 Å². The lowest BCUT2D eigenvalue weighted by molar-refractivity contribution is -0.113. The molecule has 142 valence electrons. The summed E-state index contributed by atoms with van der Waals surface area (Å²) in [5, 5.41) is 2.65. The molecule has 1 amide bonds. The topological polar surface area (TPSA) is 89.0 Å². The van der Waals surface area contributed by atoms with E-state index in [9.17, 15) is 13.2 Å². The van der Waals surface area contributed by atoms with Crippen LogP contribution in [0.3, 0.4) is 0 Å². The molecule has 1 aromatic heterocycles. The van der Waals surface area contributed by atoms with Crippen LogP contribution in [-0.4, -0.2) is 30.0 Å². The van der Waals surface area contributed by atoms with E-state index in [0.29, 0.717) is 11.4 Å². The molecule has 0 aliphatic heterocycles. The second-order valence-corrected chi connectivity index (χ2v) is 9.36. The molecule has 7 heteroatoms. The third-order valence-electron chi connectivity index (χ3n) is 5.30. The van der Waals surface area contributed by atoms with Crippen LogP contribution in [0.5, 0.6) is 0 Å². The van der Waals surface area contributed by atoms with Crippen LogP contribution < -0.4 is 5.32 Å². The highest BCUT2D eigenvalue weighted by atomic mass is 32.2. The standard InChI is InChI=1S/C20H23N3O3S/c1-12-9-13(2)22-20(21-12)27(25,26)11-18(24)23-19-16-7-3-5-14(16)10-15-6-4-8-17(15)19/h9-10H,3-8,11H2,1-2H3,(H,23,24). The molecule has 0 radical (unpaired) electrons. The van der Waals surface area contributed by atoms with Crippen LogP contribution >= 0.6 is 0 Å². The van der Waals surface area contributed by atoms with Crippen molar-refractivity contribution in [2.24, 2.45) is 0 Å². The molecule has 0 saturated carbocycles. The maximum atomic E-state index is 12.6. The monoisotopic (exact) mass is 385 g/mol. The second kappa shape index (κ2) is 6.71. The van der Waals surface area contributed by atoms with Crippen molar-refractivity contribution in [1.82, 2.24) is 9.97 Å². The van der Waals surface area contributed by atoms with Crippen molar-refractivity contribution >= 4 is 21.4 Å². The average molecular weight is 385 g/mol. The molecule has 2 aliphatic carbocycles. The smallest absolute Gasteiger partial charge is 0.248 e. The van der Waals surface area contributed by atoms with Gasteiger partial charge in [-0.3, -0.25) is 4.79 Å². The van der Waals surface area contributed by atoms with E-state index in [1.165, 1.54) is 22.3 Å². The first-order valence-electron chi connectivity index (χ1n) is 9.35. The van der Waals surface area contributed by atoms with Crippen LogP contribution in [0.25, 0.3) is 0 Å². The predicted octanol–water partition coefficient (Wildman–Crippen LogP) is 2.48.